The second-order valence-corrected chi connectivity index (χ2v) is 7.44. The normalized spacial score (nSPS) is 13.2. The summed E-state index contributed by atoms with van der Waals surface area (Å²) in [7, 11) is 1.65. The van der Waals surface area contributed by atoms with E-state index in [1.54, 1.807) is 7.11 Å². The number of nitrogens with one attached hydrogen (secondary N) is 1. The third-order valence-corrected chi connectivity index (χ3v) is 5.54. The van der Waals surface area contributed by atoms with E-state index in [9.17, 15) is 4.79 Å². The van der Waals surface area contributed by atoms with Gasteiger partial charge in [-0.15, -0.1) is 11.8 Å². The van der Waals surface area contributed by atoms with E-state index < -0.39 is 0 Å². The molecule has 0 saturated carbocycles. The number of carbonyl (C=O) groups is 1. The zero-order chi connectivity index (χ0) is 18.2. The summed E-state index contributed by atoms with van der Waals surface area (Å²) in [5, 5.41) is 3.03. The van der Waals surface area contributed by atoms with E-state index in [2.05, 4.69) is 34.5 Å². The van der Waals surface area contributed by atoms with E-state index in [4.69, 9.17) is 4.74 Å². The molecular formula is C21H26N2O2S. The Morgan fingerprint density at radius 2 is 2.12 bits per heavy atom. The molecule has 0 bridgehead atoms. The molecule has 0 fully saturated rings. The molecule has 2 aromatic carbocycles. The minimum absolute atomic E-state index is 0.0804. The van der Waals surface area contributed by atoms with Crippen molar-refractivity contribution < 1.29 is 9.53 Å². The lowest BCUT2D eigenvalue weighted by Crippen LogP contribution is -2.33. The highest BCUT2D eigenvalue weighted by Crippen LogP contribution is 2.26. The summed E-state index contributed by atoms with van der Waals surface area (Å²) in [4.78, 5) is 15.5. The van der Waals surface area contributed by atoms with Crippen LogP contribution in [0.2, 0.25) is 0 Å². The molecule has 0 unspecified atom stereocenters. The summed E-state index contributed by atoms with van der Waals surface area (Å²) in [6.45, 7) is 2.81. The lowest BCUT2D eigenvalue weighted by atomic mass is 10.0. The van der Waals surface area contributed by atoms with E-state index in [1.165, 1.54) is 35.9 Å². The Balaban J connectivity index is 1.37. The van der Waals surface area contributed by atoms with Gasteiger partial charge in [0.1, 0.15) is 5.75 Å². The van der Waals surface area contributed by atoms with Crippen LogP contribution in [-0.4, -0.2) is 38.4 Å². The van der Waals surface area contributed by atoms with Crippen LogP contribution in [-0.2, 0) is 11.2 Å². The molecule has 3 rings (SSSR count). The highest BCUT2D eigenvalue weighted by atomic mass is 32.2. The fourth-order valence-corrected chi connectivity index (χ4v) is 4.01. The van der Waals surface area contributed by atoms with Gasteiger partial charge in [0.05, 0.1) is 12.9 Å². The number of amides is 1. The predicted octanol–water partition coefficient (Wildman–Crippen LogP) is 3.75. The van der Waals surface area contributed by atoms with Gasteiger partial charge in [-0.2, -0.15) is 0 Å². The number of hydrogen-bond donors (Lipinski definition) is 1. The first-order valence-corrected chi connectivity index (χ1v) is 10.1. The lowest BCUT2D eigenvalue weighted by Gasteiger charge is -2.31. The average Bonchev–Trinajstić information content (AvgIpc) is 2.70. The molecule has 4 nitrogen and oxygen atoms in total. The Hall–Kier alpha value is -2.14. The summed E-state index contributed by atoms with van der Waals surface area (Å²) in [5.41, 5.74) is 2.80. The second-order valence-electron chi connectivity index (χ2n) is 6.39. The van der Waals surface area contributed by atoms with Gasteiger partial charge in [-0.25, -0.2) is 0 Å². The van der Waals surface area contributed by atoms with E-state index in [0.29, 0.717) is 5.75 Å². The smallest absolute Gasteiger partial charge is 0.230 e. The van der Waals surface area contributed by atoms with Crippen LogP contribution in [0.3, 0.4) is 0 Å². The fraction of sp³-hybridized carbons (Fsp3) is 0.381. The standard InChI is InChI=1S/C21H26N2O2S/c1-25-18-9-4-10-19(15-18)26-16-21(24)22-12-6-14-23-13-5-8-17-7-2-3-11-20(17)23/h2-4,7,9-11,15H,5-6,8,12-14,16H2,1H3,(H,22,24). The molecule has 0 radical (unpaired) electrons. The van der Waals surface area contributed by atoms with Crippen LogP contribution < -0.4 is 15.0 Å². The van der Waals surface area contributed by atoms with Crippen molar-refractivity contribution in [3.63, 3.8) is 0 Å². The van der Waals surface area contributed by atoms with Crippen molar-refractivity contribution in [2.45, 2.75) is 24.2 Å². The number of thioether (sulfide) groups is 1. The third-order valence-electron chi connectivity index (χ3n) is 4.54. The molecule has 5 heteroatoms. The van der Waals surface area contributed by atoms with Gasteiger partial charge in [-0.05, 0) is 49.1 Å². The molecule has 0 spiro atoms. The topological polar surface area (TPSA) is 41.6 Å². The number of rotatable bonds is 8. The molecule has 138 valence electrons. The van der Waals surface area contributed by atoms with Gasteiger partial charge < -0.3 is 15.0 Å². The molecule has 0 aromatic heterocycles. The van der Waals surface area contributed by atoms with Crippen LogP contribution in [0.5, 0.6) is 5.75 Å². The van der Waals surface area contributed by atoms with Crippen molar-refractivity contribution in [1.29, 1.82) is 0 Å². The number of benzene rings is 2. The Kier molecular flexibility index (Phi) is 6.83. The maximum Gasteiger partial charge on any atom is 0.230 e. The number of carbonyl (C=O) groups excluding carboxylic acids is 1. The molecule has 0 atom stereocenters. The van der Waals surface area contributed by atoms with Crippen molar-refractivity contribution in [3.05, 3.63) is 54.1 Å². The highest BCUT2D eigenvalue weighted by molar-refractivity contribution is 8.00. The monoisotopic (exact) mass is 370 g/mol. The summed E-state index contributed by atoms with van der Waals surface area (Å²) in [6, 6.07) is 16.4. The van der Waals surface area contributed by atoms with Gasteiger partial charge in [0.2, 0.25) is 5.91 Å². The average molecular weight is 371 g/mol. The van der Waals surface area contributed by atoms with Gasteiger partial charge in [-0.3, -0.25) is 4.79 Å². The van der Waals surface area contributed by atoms with E-state index in [-0.39, 0.29) is 5.91 Å². The number of methoxy groups -OCH3 is 1. The van der Waals surface area contributed by atoms with Gasteiger partial charge in [0.15, 0.2) is 0 Å². The largest absolute Gasteiger partial charge is 0.497 e. The van der Waals surface area contributed by atoms with Gasteiger partial charge >= 0.3 is 0 Å². The Morgan fingerprint density at radius 1 is 1.23 bits per heavy atom. The van der Waals surface area contributed by atoms with Crippen LogP contribution >= 0.6 is 11.8 Å². The first-order valence-electron chi connectivity index (χ1n) is 9.12. The van der Waals surface area contributed by atoms with Crippen molar-refractivity contribution in [2.75, 3.05) is 37.4 Å². The zero-order valence-electron chi connectivity index (χ0n) is 15.2. The maximum absolute atomic E-state index is 12.0. The molecular weight excluding hydrogens is 344 g/mol. The molecule has 1 amide bonds. The van der Waals surface area contributed by atoms with E-state index in [1.807, 2.05) is 24.3 Å². The number of nitrogens with zero attached hydrogens (tertiary/aromatic N) is 1. The number of aryl methyl sites for hydroxylation is 1. The molecule has 1 N–H and O–H groups in total. The van der Waals surface area contributed by atoms with Crippen LogP contribution in [0, 0.1) is 0 Å². The van der Waals surface area contributed by atoms with Crippen molar-refractivity contribution >= 4 is 23.4 Å². The molecule has 1 heterocycles. The molecule has 0 saturated heterocycles. The maximum atomic E-state index is 12.0. The Bertz CT molecular complexity index is 735. The highest BCUT2D eigenvalue weighted by Gasteiger charge is 2.15. The van der Waals surface area contributed by atoms with Crippen molar-refractivity contribution in [2.24, 2.45) is 0 Å². The number of hydrogen-bond acceptors (Lipinski definition) is 4. The van der Waals surface area contributed by atoms with Gasteiger partial charge in [0.25, 0.3) is 0 Å². The lowest BCUT2D eigenvalue weighted by molar-refractivity contribution is -0.118. The van der Waals surface area contributed by atoms with Crippen LogP contribution in [0.25, 0.3) is 0 Å². The minimum atomic E-state index is 0.0804. The van der Waals surface area contributed by atoms with Crippen molar-refractivity contribution in [1.82, 2.24) is 5.32 Å². The predicted molar refractivity (Wildman–Crippen MR) is 108 cm³/mol. The molecule has 1 aliphatic rings. The summed E-state index contributed by atoms with van der Waals surface area (Å²) >= 11 is 1.53. The quantitative estimate of drug-likeness (QED) is 0.568. The SMILES string of the molecule is COc1cccc(SCC(=O)NCCCN2CCCc3ccccc32)c1. The minimum Gasteiger partial charge on any atom is -0.497 e. The number of fused-ring (bicyclic) bond motifs is 1. The first kappa shape index (κ1) is 18.6. The summed E-state index contributed by atoms with van der Waals surface area (Å²) < 4.78 is 5.21. The number of ether oxygens (including phenoxy) is 1. The van der Waals surface area contributed by atoms with E-state index in [0.717, 1.165) is 36.7 Å². The molecule has 26 heavy (non-hydrogen) atoms. The number of para-hydroxylation sites is 1. The Morgan fingerprint density at radius 3 is 3.00 bits per heavy atom. The van der Waals surface area contributed by atoms with Crippen LogP contribution in [0.15, 0.2) is 53.4 Å². The summed E-state index contributed by atoms with van der Waals surface area (Å²) in [5.74, 6) is 1.33. The van der Waals surface area contributed by atoms with Gasteiger partial charge in [0, 0.05) is 30.2 Å². The molecule has 2 aromatic rings. The second kappa shape index (κ2) is 9.53. The molecule has 1 aliphatic heterocycles. The zero-order valence-corrected chi connectivity index (χ0v) is 16.1. The summed E-state index contributed by atoms with van der Waals surface area (Å²) in [6.07, 6.45) is 3.34. The van der Waals surface area contributed by atoms with E-state index >= 15 is 0 Å². The van der Waals surface area contributed by atoms with Crippen LogP contribution in [0.4, 0.5) is 5.69 Å². The Labute approximate surface area is 159 Å². The van der Waals surface area contributed by atoms with Crippen LogP contribution in [0.1, 0.15) is 18.4 Å². The third kappa shape index (κ3) is 5.18. The van der Waals surface area contributed by atoms with Crippen molar-refractivity contribution in [3.8, 4) is 5.75 Å². The first-order chi connectivity index (χ1) is 12.8. The number of anilines is 1. The molecule has 0 aliphatic carbocycles. The fourth-order valence-electron chi connectivity index (χ4n) is 3.23. The van der Waals surface area contributed by atoms with Gasteiger partial charge in [-0.1, -0.05) is 24.3 Å².